The summed E-state index contributed by atoms with van der Waals surface area (Å²) in [4.78, 5) is 4.05. The Morgan fingerprint density at radius 2 is 2.33 bits per heavy atom. The van der Waals surface area contributed by atoms with E-state index in [0.717, 1.165) is 12.4 Å². The SMILES string of the molecule is C=CNC(C=C)=NCC. The van der Waals surface area contributed by atoms with Crippen LogP contribution in [0.3, 0.4) is 0 Å². The van der Waals surface area contributed by atoms with E-state index in [1.165, 1.54) is 0 Å². The van der Waals surface area contributed by atoms with Gasteiger partial charge in [0.2, 0.25) is 0 Å². The summed E-state index contributed by atoms with van der Waals surface area (Å²) in [6.45, 7) is 9.78. The zero-order valence-electron chi connectivity index (χ0n) is 5.72. The van der Waals surface area contributed by atoms with Crippen molar-refractivity contribution in [2.24, 2.45) is 4.99 Å². The van der Waals surface area contributed by atoms with E-state index in [0.29, 0.717) is 0 Å². The van der Waals surface area contributed by atoms with Crippen molar-refractivity contribution in [3.63, 3.8) is 0 Å². The summed E-state index contributed by atoms with van der Waals surface area (Å²) in [7, 11) is 0. The number of hydrogen-bond acceptors (Lipinski definition) is 1. The Morgan fingerprint density at radius 3 is 2.67 bits per heavy atom. The van der Waals surface area contributed by atoms with E-state index in [-0.39, 0.29) is 0 Å². The molecule has 0 heterocycles. The van der Waals surface area contributed by atoms with Gasteiger partial charge in [-0.1, -0.05) is 13.2 Å². The highest BCUT2D eigenvalue weighted by Gasteiger charge is 1.82. The Hall–Kier alpha value is -1.05. The first-order chi connectivity index (χ1) is 4.35. The Bertz CT molecular complexity index is 125. The second kappa shape index (κ2) is 5.09. The minimum Gasteiger partial charge on any atom is -0.348 e. The van der Waals surface area contributed by atoms with Crippen molar-refractivity contribution in [3.05, 3.63) is 25.4 Å². The van der Waals surface area contributed by atoms with Gasteiger partial charge in [0.1, 0.15) is 5.84 Å². The zero-order valence-corrected chi connectivity index (χ0v) is 5.72. The van der Waals surface area contributed by atoms with Crippen LogP contribution in [0.25, 0.3) is 0 Å². The van der Waals surface area contributed by atoms with Crippen LogP contribution in [-0.4, -0.2) is 12.4 Å². The highest BCUT2D eigenvalue weighted by molar-refractivity contribution is 5.92. The summed E-state index contributed by atoms with van der Waals surface area (Å²) in [5.74, 6) is 0.771. The molecule has 0 radical (unpaired) electrons. The van der Waals surface area contributed by atoms with Crippen molar-refractivity contribution < 1.29 is 0 Å². The van der Waals surface area contributed by atoms with Crippen LogP contribution in [-0.2, 0) is 0 Å². The summed E-state index contributed by atoms with van der Waals surface area (Å²) < 4.78 is 0. The standard InChI is InChI=1S/C7H12N2/c1-4-7(8-5-2)9-6-3/h4-5H,1-2,6H2,3H3,(H,8,9). The number of hydrogen-bond donors (Lipinski definition) is 1. The fourth-order valence-corrected chi connectivity index (χ4v) is 0.444. The lowest BCUT2D eigenvalue weighted by molar-refractivity contribution is 1.10. The maximum Gasteiger partial charge on any atom is 0.124 e. The summed E-state index contributed by atoms with van der Waals surface area (Å²) >= 11 is 0. The fraction of sp³-hybridized carbons (Fsp3) is 0.286. The van der Waals surface area contributed by atoms with Crippen molar-refractivity contribution in [2.45, 2.75) is 6.92 Å². The molecular formula is C7H12N2. The van der Waals surface area contributed by atoms with Crippen LogP contribution in [0.4, 0.5) is 0 Å². The topological polar surface area (TPSA) is 24.4 Å². The highest BCUT2D eigenvalue weighted by Crippen LogP contribution is 1.74. The normalized spacial score (nSPS) is 10.6. The van der Waals surface area contributed by atoms with E-state index in [4.69, 9.17) is 0 Å². The quantitative estimate of drug-likeness (QED) is 0.445. The van der Waals surface area contributed by atoms with Gasteiger partial charge in [0.05, 0.1) is 0 Å². The average Bonchev–Trinajstić information content (AvgIpc) is 1.88. The van der Waals surface area contributed by atoms with Gasteiger partial charge in [-0.2, -0.15) is 0 Å². The highest BCUT2D eigenvalue weighted by atomic mass is 15.0. The molecule has 0 aromatic carbocycles. The predicted octanol–water partition coefficient (Wildman–Crippen LogP) is 1.32. The molecule has 0 aliphatic rings. The van der Waals surface area contributed by atoms with Crippen LogP contribution < -0.4 is 5.32 Å². The second-order valence-corrected chi connectivity index (χ2v) is 1.41. The molecule has 0 aliphatic carbocycles. The lowest BCUT2D eigenvalue weighted by Crippen LogP contribution is -2.13. The van der Waals surface area contributed by atoms with Crippen LogP contribution in [0.15, 0.2) is 30.4 Å². The number of aliphatic imine (C=N–C) groups is 1. The van der Waals surface area contributed by atoms with Crippen molar-refractivity contribution >= 4 is 5.84 Å². The molecule has 0 atom stereocenters. The Kier molecular flexibility index (Phi) is 4.50. The lowest BCUT2D eigenvalue weighted by atomic mass is 10.5. The summed E-state index contributed by atoms with van der Waals surface area (Å²) in [5.41, 5.74) is 0. The first-order valence-electron chi connectivity index (χ1n) is 2.89. The van der Waals surface area contributed by atoms with E-state index in [2.05, 4.69) is 23.5 Å². The second-order valence-electron chi connectivity index (χ2n) is 1.41. The molecule has 0 saturated heterocycles. The Labute approximate surface area is 56.0 Å². The maximum atomic E-state index is 4.05. The van der Waals surface area contributed by atoms with Gasteiger partial charge in [-0.3, -0.25) is 4.99 Å². The lowest BCUT2D eigenvalue weighted by Gasteiger charge is -1.96. The smallest absolute Gasteiger partial charge is 0.124 e. The van der Waals surface area contributed by atoms with Gasteiger partial charge in [0.15, 0.2) is 0 Å². The number of amidine groups is 1. The minimum atomic E-state index is 0.766. The first-order valence-corrected chi connectivity index (χ1v) is 2.89. The third-order valence-electron chi connectivity index (χ3n) is 0.772. The third kappa shape index (κ3) is 3.53. The molecule has 0 rings (SSSR count). The first kappa shape index (κ1) is 7.95. The molecule has 50 valence electrons. The molecule has 0 spiro atoms. The summed E-state index contributed by atoms with van der Waals surface area (Å²) in [6, 6.07) is 0. The maximum absolute atomic E-state index is 4.05. The minimum absolute atomic E-state index is 0.766. The Balaban J connectivity index is 3.80. The molecule has 0 aliphatic heterocycles. The molecule has 0 aromatic rings. The van der Waals surface area contributed by atoms with Crippen LogP contribution in [0, 0.1) is 0 Å². The van der Waals surface area contributed by atoms with Crippen molar-refractivity contribution in [3.8, 4) is 0 Å². The van der Waals surface area contributed by atoms with Gasteiger partial charge in [0, 0.05) is 6.54 Å². The molecule has 0 unspecified atom stereocenters. The molecule has 0 saturated carbocycles. The molecule has 0 fully saturated rings. The van der Waals surface area contributed by atoms with Crippen molar-refractivity contribution in [2.75, 3.05) is 6.54 Å². The van der Waals surface area contributed by atoms with E-state index in [1.807, 2.05) is 6.92 Å². The Morgan fingerprint density at radius 1 is 1.67 bits per heavy atom. The van der Waals surface area contributed by atoms with Crippen LogP contribution >= 0.6 is 0 Å². The van der Waals surface area contributed by atoms with Gasteiger partial charge >= 0.3 is 0 Å². The summed E-state index contributed by atoms with van der Waals surface area (Å²) in [5, 5.41) is 2.83. The number of nitrogens with one attached hydrogen (secondary N) is 1. The number of rotatable bonds is 3. The summed E-state index contributed by atoms with van der Waals surface area (Å²) in [6.07, 6.45) is 3.24. The van der Waals surface area contributed by atoms with Crippen LogP contribution in [0.5, 0.6) is 0 Å². The average molecular weight is 124 g/mol. The monoisotopic (exact) mass is 124 g/mol. The molecule has 0 bridgehead atoms. The van der Waals surface area contributed by atoms with Gasteiger partial charge in [-0.05, 0) is 19.2 Å². The van der Waals surface area contributed by atoms with Gasteiger partial charge in [0.25, 0.3) is 0 Å². The number of nitrogens with zero attached hydrogens (tertiary/aromatic N) is 1. The van der Waals surface area contributed by atoms with E-state index in [1.54, 1.807) is 12.3 Å². The molecule has 0 amide bonds. The molecule has 2 nitrogen and oxygen atoms in total. The molecular weight excluding hydrogens is 112 g/mol. The van der Waals surface area contributed by atoms with E-state index in [9.17, 15) is 0 Å². The van der Waals surface area contributed by atoms with Crippen LogP contribution in [0.2, 0.25) is 0 Å². The van der Waals surface area contributed by atoms with Gasteiger partial charge in [-0.15, -0.1) is 0 Å². The molecule has 0 aromatic heterocycles. The van der Waals surface area contributed by atoms with Gasteiger partial charge in [-0.25, -0.2) is 0 Å². The van der Waals surface area contributed by atoms with Crippen molar-refractivity contribution in [1.82, 2.24) is 5.32 Å². The fourth-order valence-electron chi connectivity index (χ4n) is 0.444. The molecule has 1 N–H and O–H groups in total. The van der Waals surface area contributed by atoms with Gasteiger partial charge < -0.3 is 5.32 Å². The van der Waals surface area contributed by atoms with E-state index >= 15 is 0 Å². The zero-order chi connectivity index (χ0) is 7.11. The largest absolute Gasteiger partial charge is 0.348 e. The third-order valence-corrected chi connectivity index (χ3v) is 0.772. The van der Waals surface area contributed by atoms with E-state index < -0.39 is 0 Å². The predicted molar refractivity (Wildman–Crippen MR) is 41.5 cm³/mol. The molecule has 2 heteroatoms. The van der Waals surface area contributed by atoms with Crippen molar-refractivity contribution in [1.29, 1.82) is 0 Å². The van der Waals surface area contributed by atoms with Crippen LogP contribution in [0.1, 0.15) is 6.92 Å². The molecule has 9 heavy (non-hydrogen) atoms.